The summed E-state index contributed by atoms with van der Waals surface area (Å²) in [5, 5.41) is 26.6. The Kier molecular flexibility index (Phi) is 11.7. The Hall–Kier alpha value is -3.73. The molecule has 0 fully saturated rings. The van der Waals surface area contributed by atoms with Crippen molar-refractivity contribution >= 4 is 30.4 Å². The molecule has 40 heavy (non-hydrogen) atoms. The molecule has 11 heteroatoms. The topological polar surface area (TPSA) is 141 Å². The highest BCUT2D eigenvalue weighted by molar-refractivity contribution is 7.80. The van der Waals surface area contributed by atoms with Gasteiger partial charge in [0.25, 0.3) is 0 Å². The number of hydrogen-bond donors (Lipinski definition) is 4. The van der Waals surface area contributed by atoms with Crippen LogP contribution in [0.4, 0.5) is 0 Å². The maximum Gasteiger partial charge on any atom is 0.305 e. The first kappa shape index (κ1) is 30.8. The van der Waals surface area contributed by atoms with Gasteiger partial charge in [-0.15, -0.1) is 10.2 Å². The van der Waals surface area contributed by atoms with Gasteiger partial charge in [-0.3, -0.25) is 14.4 Å². The fourth-order valence-corrected chi connectivity index (χ4v) is 5.09. The first-order valence-electron chi connectivity index (χ1n) is 13.6. The van der Waals surface area contributed by atoms with E-state index in [1.54, 1.807) is 4.90 Å². The van der Waals surface area contributed by atoms with E-state index in [9.17, 15) is 19.5 Å². The van der Waals surface area contributed by atoms with E-state index in [0.717, 1.165) is 41.5 Å². The van der Waals surface area contributed by atoms with Crippen molar-refractivity contribution in [2.75, 3.05) is 12.3 Å². The molecule has 3 rings (SSSR count). The van der Waals surface area contributed by atoms with Gasteiger partial charge in [-0.2, -0.15) is 17.8 Å². The van der Waals surface area contributed by atoms with Crippen LogP contribution < -0.4 is 5.32 Å². The molecule has 0 aliphatic rings. The number of H-pyrrole nitrogens is 1. The number of amides is 2. The Morgan fingerprint density at radius 2 is 1.75 bits per heavy atom. The molecule has 0 saturated heterocycles. The molecular weight excluding hydrogens is 528 g/mol. The van der Waals surface area contributed by atoms with Gasteiger partial charge in [0, 0.05) is 30.3 Å². The monoisotopic (exact) mass is 566 g/mol. The van der Waals surface area contributed by atoms with Gasteiger partial charge >= 0.3 is 5.97 Å². The van der Waals surface area contributed by atoms with Gasteiger partial charge in [-0.1, -0.05) is 82.1 Å². The number of unbranched alkanes of at least 4 members (excludes halogenated alkanes) is 2. The molecule has 0 radical (unpaired) electrons. The normalized spacial score (nSPS) is 12.6. The lowest BCUT2D eigenvalue weighted by Crippen LogP contribution is -2.51. The van der Waals surface area contributed by atoms with E-state index in [0.29, 0.717) is 24.7 Å². The summed E-state index contributed by atoms with van der Waals surface area (Å²) >= 11 is 4.28. The molecular formula is C29H38N6O4S. The van der Waals surface area contributed by atoms with E-state index in [4.69, 9.17) is 0 Å². The van der Waals surface area contributed by atoms with E-state index < -0.39 is 30.3 Å². The molecule has 0 saturated carbocycles. The van der Waals surface area contributed by atoms with Crippen LogP contribution in [0, 0.1) is 11.8 Å². The smallest absolute Gasteiger partial charge is 0.305 e. The van der Waals surface area contributed by atoms with Gasteiger partial charge in [0.1, 0.15) is 6.04 Å². The van der Waals surface area contributed by atoms with Gasteiger partial charge in [-0.25, -0.2) is 0 Å². The first-order chi connectivity index (χ1) is 19.2. The largest absolute Gasteiger partial charge is 0.481 e. The minimum absolute atomic E-state index is 0.00227. The summed E-state index contributed by atoms with van der Waals surface area (Å²) in [5.41, 5.74) is 3.63. The van der Waals surface area contributed by atoms with Crippen LogP contribution in [0.1, 0.15) is 52.0 Å². The molecule has 0 spiro atoms. The van der Waals surface area contributed by atoms with Crippen molar-refractivity contribution in [1.82, 2.24) is 30.8 Å². The molecule has 2 aromatic carbocycles. The zero-order valence-corrected chi connectivity index (χ0v) is 24.1. The second-order valence-corrected chi connectivity index (χ2v) is 10.5. The van der Waals surface area contributed by atoms with Crippen LogP contribution in [-0.4, -0.2) is 66.8 Å². The van der Waals surface area contributed by atoms with Crippen molar-refractivity contribution in [2.45, 2.75) is 59.0 Å². The molecule has 1 heterocycles. The molecule has 1 unspecified atom stereocenters. The summed E-state index contributed by atoms with van der Waals surface area (Å²) in [5.74, 6) is -1.53. The minimum atomic E-state index is -1.16. The summed E-state index contributed by atoms with van der Waals surface area (Å²) in [4.78, 5) is 39.9. The molecule has 0 aliphatic carbocycles. The van der Waals surface area contributed by atoms with Crippen molar-refractivity contribution in [1.29, 1.82) is 0 Å². The maximum absolute atomic E-state index is 13.7. The number of carbonyl (C=O) groups is 3. The highest BCUT2D eigenvalue weighted by Gasteiger charge is 2.31. The predicted octanol–water partition coefficient (Wildman–Crippen LogP) is 4.21. The van der Waals surface area contributed by atoms with Crippen LogP contribution >= 0.6 is 12.6 Å². The fourth-order valence-electron chi connectivity index (χ4n) is 4.51. The third kappa shape index (κ3) is 8.38. The molecule has 3 N–H and O–H groups in total. The number of carbonyl (C=O) groups excluding carboxylic acids is 2. The summed E-state index contributed by atoms with van der Waals surface area (Å²) in [7, 11) is 0. The van der Waals surface area contributed by atoms with Crippen LogP contribution in [0.2, 0.25) is 0 Å². The Labute approximate surface area is 240 Å². The molecule has 0 aliphatic heterocycles. The van der Waals surface area contributed by atoms with E-state index in [-0.39, 0.29) is 11.8 Å². The minimum Gasteiger partial charge on any atom is -0.481 e. The summed E-state index contributed by atoms with van der Waals surface area (Å²) in [6, 6.07) is 14.4. The van der Waals surface area contributed by atoms with Crippen molar-refractivity contribution in [3.05, 3.63) is 54.1 Å². The van der Waals surface area contributed by atoms with Gasteiger partial charge in [0.15, 0.2) is 0 Å². The predicted molar refractivity (Wildman–Crippen MR) is 156 cm³/mol. The van der Waals surface area contributed by atoms with Crippen LogP contribution in [0.25, 0.3) is 22.5 Å². The molecule has 2 atom stereocenters. The summed E-state index contributed by atoms with van der Waals surface area (Å²) in [6.45, 7) is 6.63. The number of nitrogens with zero attached hydrogens (tertiary/aromatic N) is 4. The SMILES string of the molecule is CCCCCN(Cc1ccc(-c2ccccc2-c2nn[nH]n2)cc1)C(=O)[C@H](CC(=O)O)NC(=O)C(CS)C(C)C. The highest BCUT2D eigenvalue weighted by Crippen LogP contribution is 2.30. The zero-order chi connectivity index (χ0) is 29.1. The van der Waals surface area contributed by atoms with Crippen molar-refractivity contribution in [3.63, 3.8) is 0 Å². The molecule has 10 nitrogen and oxygen atoms in total. The number of aliphatic carboxylic acids is 1. The van der Waals surface area contributed by atoms with Crippen molar-refractivity contribution in [2.24, 2.45) is 11.8 Å². The molecule has 3 aromatic rings. The average Bonchev–Trinajstić information content (AvgIpc) is 3.47. The van der Waals surface area contributed by atoms with E-state index in [1.165, 1.54) is 0 Å². The van der Waals surface area contributed by atoms with Crippen LogP contribution in [0.5, 0.6) is 0 Å². The standard InChI is InChI=1S/C29H38N6O4S/c1-4-5-8-15-35(29(39)25(16-26(36)37)30-28(38)24(18-40)19(2)3)17-20-11-13-21(14-12-20)22-9-6-7-10-23(22)27-31-33-34-32-27/h6-7,9-14,19,24-25,40H,4-5,8,15-18H2,1-3H3,(H,30,38)(H,36,37)(H,31,32,33,34)/t24?,25-/m0/s1. The quantitative estimate of drug-likeness (QED) is 0.159. The Morgan fingerprint density at radius 3 is 2.33 bits per heavy atom. The summed E-state index contributed by atoms with van der Waals surface area (Å²) < 4.78 is 0. The number of aromatic amines is 1. The number of rotatable bonds is 15. The lowest BCUT2D eigenvalue weighted by Gasteiger charge is -2.29. The molecule has 2 amide bonds. The lowest BCUT2D eigenvalue weighted by atomic mass is 9.96. The summed E-state index contributed by atoms with van der Waals surface area (Å²) in [6.07, 6.45) is 2.19. The number of hydrogen-bond acceptors (Lipinski definition) is 7. The second-order valence-electron chi connectivity index (χ2n) is 10.1. The number of benzene rings is 2. The highest BCUT2D eigenvalue weighted by atomic mass is 32.1. The maximum atomic E-state index is 13.7. The van der Waals surface area contributed by atoms with Crippen molar-refractivity contribution in [3.8, 4) is 22.5 Å². The third-order valence-electron chi connectivity index (χ3n) is 6.83. The Bertz CT molecular complexity index is 1250. The van der Waals surface area contributed by atoms with E-state index in [2.05, 4.69) is 45.5 Å². The molecule has 1 aromatic heterocycles. The molecule has 214 valence electrons. The number of carboxylic acids is 1. The van der Waals surface area contributed by atoms with E-state index in [1.807, 2.05) is 62.4 Å². The second kappa shape index (κ2) is 15.2. The van der Waals surface area contributed by atoms with Gasteiger partial charge < -0.3 is 15.3 Å². The van der Waals surface area contributed by atoms with Gasteiger partial charge in [0.2, 0.25) is 17.6 Å². The number of tetrazole rings is 1. The van der Waals surface area contributed by atoms with Crippen LogP contribution in [0.3, 0.4) is 0 Å². The Balaban J connectivity index is 1.83. The Morgan fingerprint density at radius 1 is 1.05 bits per heavy atom. The van der Waals surface area contributed by atoms with Gasteiger partial charge in [0.05, 0.1) is 6.42 Å². The molecule has 0 bridgehead atoms. The van der Waals surface area contributed by atoms with Crippen LogP contribution in [0.15, 0.2) is 48.5 Å². The number of thiol groups is 1. The zero-order valence-electron chi connectivity index (χ0n) is 23.2. The number of nitrogens with one attached hydrogen (secondary N) is 2. The van der Waals surface area contributed by atoms with Crippen LogP contribution in [-0.2, 0) is 20.9 Å². The third-order valence-corrected chi connectivity index (χ3v) is 7.22. The van der Waals surface area contributed by atoms with E-state index >= 15 is 0 Å². The number of aromatic nitrogens is 4. The van der Waals surface area contributed by atoms with Crippen molar-refractivity contribution < 1.29 is 19.5 Å². The fraction of sp³-hybridized carbons (Fsp3) is 0.448. The van der Waals surface area contributed by atoms with Gasteiger partial charge in [-0.05, 0) is 34.2 Å². The average molecular weight is 567 g/mol. The first-order valence-corrected chi connectivity index (χ1v) is 14.2. The number of carboxylic acid groups (broad SMARTS) is 1. The lowest BCUT2D eigenvalue weighted by molar-refractivity contribution is -0.144.